The molecule has 0 radical (unpaired) electrons. The van der Waals surface area contributed by atoms with Gasteiger partial charge in [0, 0.05) is 0 Å². The fourth-order valence-electron chi connectivity index (χ4n) is 1.90. The highest BCUT2D eigenvalue weighted by molar-refractivity contribution is 7.19. The highest BCUT2D eigenvalue weighted by Crippen LogP contribution is 2.25. The Kier molecular flexibility index (Phi) is 4.45. The number of rotatable bonds is 4. The van der Waals surface area contributed by atoms with E-state index in [0.29, 0.717) is 5.75 Å². The molecule has 0 spiro atoms. The number of phenolic OH excluding ortho intramolecular Hbond substituents is 1. The lowest BCUT2D eigenvalue weighted by atomic mass is 10.0. The van der Waals surface area contributed by atoms with Gasteiger partial charge in [0.1, 0.15) is 5.75 Å². The smallest absolute Gasteiger partial charge is 0.150 e. The van der Waals surface area contributed by atoms with Gasteiger partial charge in [-0.25, -0.2) is 0 Å². The molecule has 0 heterocycles. The first-order chi connectivity index (χ1) is 7.29. The minimum atomic E-state index is -1.43. The van der Waals surface area contributed by atoms with Crippen LogP contribution in [0.2, 0.25) is 19.1 Å². The van der Waals surface area contributed by atoms with Crippen LogP contribution in [0.15, 0.2) is 12.1 Å². The molecule has 0 amide bonds. The van der Waals surface area contributed by atoms with Crippen LogP contribution in [0.3, 0.4) is 0 Å². The lowest BCUT2D eigenvalue weighted by Gasteiger charge is -2.13. The van der Waals surface area contributed by atoms with E-state index in [1.54, 1.807) is 0 Å². The zero-order valence-corrected chi connectivity index (χ0v) is 12.4. The van der Waals surface area contributed by atoms with Gasteiger partial charge in [-0.15, -0.1) is 0 Å². The molecule has 0 saturated heterocycles. The monoisotopic (exact) mass is 256 g/mol. The van der Waals surface area contributed by atoms with Crippen molar-refractivity contribution in [2.24, 2.45) is 0 Å². The van der Waals surface area contributed by atoms with Crippen LogP contribution in [0.5, 0.6) is 5.75 Å². The Labute approximate surface area is 104 Å². The zero-order valence-electron chi connectivity index (χ0n) is 10.6. The molecular weight excluding hydrogens is 236 g/mol. The minimum Gasteiger partial charge on any atom is -0.507 e. The quantitative estimate of drug-likeness (QED) is 0.626. The second-order valence-corrected chi connectivity index (χ2v) is 12.2. The maximum absolute atomic E-state index is 9.67. The molecule has 1 nitrogen and oxygen atoms in total. The summed E-state index contributed by atoms with van der Waals surface area (Å²) < 4.78 is 0. The molecule has 3 heteroatoms. The summed E-state index contributed by atoms with van der Waals surface area (Å²) in [5.74, 6) is 0.427. The molecule has 0 aliphatic heterocycles. The largest absolute Gasteiger partial charge is 0.507 e. The first-order valence-corrected chi connectivity index (χ1v) is 9.99. The van der Waals surface area contributed by atoms with E-state index in [9.17, 15) is 5.11 Å². The Morgan fingerprint density at radius 2 is 1.69 bits per heavy atom. The summed E-state index contributed by atoms with van der Waals surface area (Å²) in [4.78, 5) is 0. The minimum absolute atomic E-state index is 0.427. The van der Waals surface area contributed by atoms with Crippen molar-refractivity contribution in [1.82, 2.24) is 0 Å². The second kappa shape index (κ2) is 5.24. The van der Waals surface area contributed by atoms with Crippen molar-refractivity contribution in [3.63, 3.8) is 0 Å². The molecule has 0 aromatic heterocycles. The lowest BCUT2D eigenvalue weighted by molar-refractivity contribution is 0.466. The summed E-state index contributed by atoms with van der Waals surface area (Å²) >= 11 is 6.29. The lowest BCUT2D eigenvalue weighted by Crippen LogP contribution is -2.15. The summed E-state index contributed by atoms with van der Waals surface area (Å²) in [6.45, 7) is 8.27. The van der Waals surface area contributed by atoms with E-state index in [4.69, 9.17) is 11.1 Å². The third kappa shape index (κ3) is 4.18. The normalized spacial score (nSPS) is 11.8. The summed E-state index contributed by atoms with van der Waals surface area (Å²) in [6.07, 6.45) is 2.21. The fraction of sp³-hybridized carbons (Fsp3) is 0.538. The van der Waals surface area contributed by atoms with E-state index < -0.39 is 7.38 Å². The van der Waals surface area contributed by atoms with Crippen LogP contribution in [0.25, 0.3) is 0 Å². The highest BCUT2D eigenvalue weighted by atomic mass is 35.6. The summed E-state index contributed by atoms with van der Waals surface area (Å²) in [5.41, 5.74) is 3.25. The average molecular weight is 257 g/mol. The van der Waals surface area contributed by atoms with E-state index in [1.165, 1.54) is 5.56 Å². The van der Waals surface area contributed by atoms with Crippen LogP contribution in [0.4, 0.5) is 0 Å². The van der Waals surface area contributed by atoms with Crippen molar-refractivity contribution in [3.05, 3.63) is 28.8 Å². The molecule has 0 fully saturated rings. The molecule has 0 saturated carbocycles. The molecule has 0 bridgehead atoms. The van der Waals surface area contributed by atoms with Crippen molar-refractivity contribution in [1.29, 1.82) is 0 Å². The van der Waals surface area contributed by atoms with Crippen LogP contribution in [-0.2, 0) is 6.42 Å². The Hall–Kier alpha value is -0.473. The van der Waals surface area contributed by atoms with Gasteiger partial charge in [-0.05, 0) is 43.0 Å². The van der Waals surface area contributed by atoms with Crippen LogP contribution in [0, 0.1) is 13.8 Å². The second-order valence-electron chi connectivity index (χ2n) is 5.15. The molecule has 0 aliphatic rings. The molecule has 16 heavy (non-hydrogen) atoms. The van der Waals surface area contributed by atoms with Crippen molar-refractivity contribution in [2.75, 3.05) is 0 Å². The van der Waals surface area contributed by atoms with Gasteiger partial charge in [0.05, 0.1) is 0 Å². The van der Waals surface area contributed by atoms with Crippen LogP contribution in [0.1, 0.15) is 23.1 Å². The number of hydrogen-bond donors (Lipinski definition) is 1. The van der Waals surface area contributed by atoms with Crippen molar-refractivity contribution in [2.45, 2.75) is 45.8 Å². The van der Waals surface area contributed by atoms with Gasteiger partial charge in [-0.2, -0.15) is 11.1 Å². The number of benzene rings is 1. The Bertz CT molecular complexity index is 346. The number of aromatic hydroxyl groups is 1. The van der Waals surface area contributed by atoms with E-state index in [-0.39, 0.29) is 0 Å². The molecule has 1 N–H and O–H groups in total. The fourth-order valence-corrected chi connectivity index (χ4v) is 3.32. The first kappa shape index (κ1) is 13.6. The van der Waals surface area contributed by atoms with E-state index in [2.05, 4.69) is 25.2 Å². The van der Waals surface area contributed by atoms with Gasteiger partial charge >= 0.3 is 0 Å². The molecule has 0 atom stereocenters. The van der Waals surface area contributed by atoms with Crippen LogP contribution < -0.4 is 0 Å². The summed E-state index contributed by atoms with van der Waals surface area (Å²) in [7, 11) is -1.43. The van der Waals surface area contributed by atoms with Gasteiger partial charge in [0.25, 0.3) is 0 Å². The number of halogens is 1. The summed E-state index contributed by atoms with van der Waals surface area (Å²) in [5, 5.41) is 9.67. The van der Waals surface area contributed by atoms with Crippen molar-refractivity contribution in [3.8, 4) is 5.75 Å². The Balaban J connectivity index is 2.62. The Morgan fingerprint density at radius 1 is 1.19 bits per heavy atom. The SMILES string of the molecule is Cc1cc(CCC[Si](C)(C)Cl)cc(C)c1O. The topological polar surface area (TPSA) is 20.2 Å². The molecular formula is C13H21ClOSi. The number of phenols is 1. The molecule has 1 aromatic rings. The van der Waals surface area contributed by atoms with Gasteiger partial charge in [0.2, 0.25) is 0 Å². The zero-order chi connectivity index (χ0) is 12.3. The standard InChI is InChI=1S/C13H21ClOSi/c1-10-8-12(9-11(2)13(10)15)6-5-7-16(3,4)14/h8-9,15H,5-7H2,1-4H3. The maximum Gasteiger partial charge on any atom is 0.150 e. The maximum atomic E-state index is 9.67. The number of aryl methyl sites for hydroxylation is 3. The van der Waals surface area contributed by atoms with E-state index >= 15 is 0 Å². The van der Waals surface area contributed by atoms with Gasteiger partial charge in [0.15, 0.2) is 7.38 Å². The molecule has 0 aliphatic carbocycles. The summed E-state index contributed by atoms with van der Waals surface area (Å²) in [6, 6.07) is 5.30. The Morgan fingerprint density at radius 3 is 2.12 bits per heavy atom. The van der Waals surface area contributed by atoms with E-state index in [0.717, 1.165) is 30.0 Å². The number of hydrogen-bond acceptors (Lipinski definition) is 1. The third-order valence-electron chi connectivity index (χ3n) is 2.79. The van der Waals surface area contributed by atoms with Gasteiger partial charge < -0.3 is 5.11 Å². The third-order valence-corrected chi connectivity index (χ3v) is 4.90. The highest BCUT2D eigenvalue weighted by Gasteiger charge is 2.15. The van der Waals surface area contributed by atoms with Crippen molar-refractivity contribution >= 4 is 18.5 Å². The molecule has 90 valence electrons. The van der Waals surface area contributed by atoms with Gasteiger partial charge in [-0.1, -0.05) is 31.6 Å². The molecule has 1 aromatic carbocycles. The van der Waals surface area contributed by atoms with Gasteiger partial charge in [-0.3, -0.25) is 0 Å². The van der Waals surface area contributed by atoms with Crippen LogP contribution >= 0.6 is 11.1 Å². The predicted octanol–water partition coefficient (Wildman–Crippen LogP) is 4.39. The molecule has 1 rings (SSSR count). The van der Waals surface area contributed by atoms with Crippen molar-refractivity contribution < 1.29 is 5.11 Å². The van der Waals surface area contributed by atoms with E-state index in [1.807, 2.05) is 13.8 Å². The molecule has 0 unspecified atom stereocenters. The average Bonchev–Trinajstić information content (AvgIpc) is 2.12. The predicted molar refractivity (Wildman–Crippen MR) is 74.0 cm³/mol. The van der Waals surface area contributed by atoms with Crippen LogP contribution in [-0.4, -0.2) is 12.5 Å². The first-order valence-electron chi connectivity index (χ1n) is 5.77.